The Bertz CT molecular complexity index is 343. The van der Waals surface area contributed by atoms with E-state index in [9.17, 15) is 5.11 Å². The Morgan fingerprint density at radius 3 is 2.37 bits per heavy atom. The summed E-state index contributed by atoms with van der Waals surface area (Å²) in [5, 5.41) is 14.7. The lowest BCUT2D eigenvalue weighted by Gasteiger charge is -2.22. The highest BCUT2D eigenvalue weighted by Gasteiger charge is 2.20. The third kappa shape index (κ3) is 5.31. The quantitative estimate of drug-likeness (QED) is 0.748. The van der Waals surface area contributed by atoms with Gasteiger partial charge in [-0.05, 0) is 24.7 Å². The molecule has 19 heavy (non-hydrogen) atoms. The van der Waals surface area contributed by atoms with Gasteiger partial charge in [0.2, 0.25) is 0 Å². The molecule has 1 heterocycles. The van der Waals surface area contributed by atoms with Gasteiger partial charge in [0, 0.05) is 13.0 Å². The van der Waals surface area contributed by atoms with Gasteiger partial charge in [0.1, 0.15) is 12.2 Å². The molecule has 0 bridgehead atoms. The van der Waals surface area contributed by atoms with Crippen LogP contribution in [0.4, 0.5) is 0 Å². The van der Waals surface area contributed by atoms with Crippen LogP contribution in [-0.2, 0) is 13.0 Å². The Balaban J connectivity index is 2.63. The van der Waals surface area contributed by atoms with Crippen molar-refractivity contribution < 1.29 is 5.11 Å². The maximum absolute atomic E-state index is 10.4. The third-order valence-corrected chi connectivity index (χ3v) is 3.49. The minimum absolute atomic E-state index is 0.296. The van der Waals surface area contributed by atoms with E-state index in [1.165, 1.54) is 0 Å². The summed E-state index contributed by atoms with van der Waals surface area (Å²) < 4.78 is 1.93. The van der Waals surface area contributed by atoms with E-state index in [1.807, 2.05) is 4.68 Å². The Morgan fingerprint density at radius 1 is 1.21 bits per heavy atom. The Morgan fingerprint density at radius 2 is 1.84 bits per heavy atom. The summed E-state index contributed by atoms with van der Waals surface area (Å²) in [5.74, 6) is 1.84. The highest BCUT2D eigenvalue weighted by Crippen LogP contribution is 2.20. The lowest BCUT2D eigenvalue weighted by Crippen LogP contribution is -2.25. The summed E-state index contributed by atoms with van der Waals surface area (Å²) in [7, 11) is 0. The number of hydrogen-bond donors (Lipinski definition) is 1. The van der Waals surface area contributed by atoms with Crippen molar-refractivity contribution in [1.29, 1.82) is 0 Å². The van der Waals surface area contributed by atoms with E-state index < -0.39 is 0 Å². The molecular weight excluding hydrogens is 238 g/mol. The number of nitrogens with zero attached hydrogens (tertiary/aromatic N) is 3. The Labute approximate surface area is 117 Å². The van der Waals surface area contributed by atoms with Crippen molar-refractivity contribution in [2.75, 3.05) is 0 Å². The van der Waals surface area contributed by atoms with Crippen LogP contribution < -0.4 is 0 Å². The zero-order valence-corrected chi connectivity index (χ0v) is 12.8. The number of aromatic nitrogens is 3. The molecule has 4 nitrogen and oxygen atoms in total. The van der Waals surface area contributed by atoms with Crippen LogP contribution in [0.15, 0.2) is 6.33 Å². The van der Waals surface area contributed by atoms with Gasteiger partial charge in [-0.2, -0.15) is 5.10 Å². The molecule has 0 aliphatic heterocycles. The monoisotopic (exact) mass is 267 g/mol. The highest BCUT2D eigenvalue weighted by molar-refractivity contribution is 4.89. The van der Waals surface area contributed by atoms with Crippen molar-refractivity contribution in [3.05, 3.63) is 12.2 Å². The van der Waals surface area contributed by atoms with Crippen LogP contribution in [0, 0.1) is 11.8 Å². The Hall–Kier alpha value is -0.900. The van der Waals surface area contributed by atoms with Crippen molar-refractivity contribution in [3.8, 4) is 0 Å². The van der Waals surface area contributed by atoms with Gasteiger partial charge in [-0.3, -0.25) is 0 Å². The van der Waals surface area contributed by atoms with Crippen LogP contribution in [0.25, 0.3) is 0 Å². The van der Waals surface area contributed by atoms with Crippen molar-refractivity contribution >= 4 is 0 Å². The molecular formula is C15H29N3O. The molecule has 1 aromatic heterocycles. The molecule has 0 spiro atoms. The maximum Gasteiger partial charge on any atom is 0.138 e. The predicted octanol–water partition coefficient (Wildman–Crippen LogP) is 3.05. The summed E-state index contributed by atoms with van der Waals surface area (Å²) in [5.41, 5.74) is 0. The van der Waals surface area contributed by atoms with Crippen molar-refractivity contribution in [2.24, 2.45) is 11.8 Å². The first-order valence-electron chi connectivity index (χ1n) is 7.63. The summed E-state index contributed by atoms with van der Waals surface area (Å²) in [6.07, 6.45) is 6.35. The first kappa shape index (κ1) is 16.2. The van der Waals surface area contributed by atoms with Crippen LogP contribution in [0.2, 0.25) is 0 Å². The molecule has 1 aromatic rings. The lowest BCUT2D eigenvalue weighted by atomic mass is 9.90. The molecule has 0 saturated heterocycles. The second kappa shape index (κ2) is 8.31. The van der Waals surface area contributed by atoms with Crippen molar-refractivity contribution in [1.82, 2.24) is 14.8 Å². The standard InChI is InChI=1S/C15H29N3O/c1-5-7-13(8-6-2)14(19)9-15-16-11-17-18(15)10-12(3)4/h11-14,19H,5-10H2,1-4H3. The van der Waals surface area contributed by atoms with Gasteiger partial charge >= 0.3 is 0 Å². The molecule has 110 valence electrons. The van der Waals surface area contributed by atoms with Crippen LogP contribution in [0.3, 0.4) is 0 Å². The van der Waals surface area contributed by atoms with E-state index in [1.54, 1.807) is 6.33 Å². The van der Waals surface area contributed by atoms with Crippen LogP contribution in [-0.4, -0.2) is 26.0 Å². The molecule has 0 aliphatic rings. The van der Waals surface area contributed by atoms with Gasteiger partial charge < -0.3 is 5.11 Å². The molecule has 0 fully saturated rings. The van der Waals surface area contributed by atoms with E-state index >= 15 is 0 Å². The first-order chi connectivity index (χ1) is 9.08. The third-order valence-electron chi connectivity index (χ3n) is 3.49. The van der Waals surface area contributed by atoms with E-state index in [-0.39, 0.29) is 6.10 Å². The van der Waals surface area contributed by atoms with E-state index in [4.69, 9.17) is 0 Å². The molecule has 1 rings (SSSR count). The smallest absolute Gasteiger partial charge is 0.138 e. The lowest BCUT2D eigenvalue weighted by molar-refractivity contribution is 0.0931. The molecule has 0 amide bonds. The fourth-order valence-electron chi connectivity index (χ4n) is 2.57. The van der Waals surface area contributed by atoms with Crippen molar-refractivity contribution in [2.45, 2.75) is 72.4 Å². The molecule has 1 unspecified atom stereocenters. The predicted molar refractivity (Wildman–Crippen MR) is 77.9 cm³/mol. The fraction of sp³-hybridized carbons (Fsp3) is 0.867. The van der Waals surface area contributed by atoms with Gasteiger partial charge in [-0.1, -0.05) is 40.5 Å². The topological polar surface area (TPSA) is 50.9 Å². The van der Waals surface area contributed by atoms with E-state index in [0.717, 1.165) is 38.1 Å². The zero-order valence-electron chi connectivity index (χ0n) is 12.8. The normalized spacial score (nSPS) is 13.4. The first-order valence-corrected chi connectivity index (χ1v) is 7.63. The molecule has 4 heteroatoms. The summed E-state index contributed by atoms with van der Waals surface area (Å²) >= 11 is 0. The average Bonchev–Trinajstić information content (AvgIpc) is 2.75. The summed E-state index contributed by atoms with van der Waals surface area (Å²) in [6, 6.07) is 0. The van der Waals surface area contributed by atoms with Crippen LogP contribution >= 0.6 is 0 Å². The second-order valence-corrected chi connectivity index (χ2v) is 5.86. The molecule has 0 aliphatic carbocycles. The molecule has 1 atom stereocenters. The number of aliphatic hydroxyl groups excluding tert-OH is 1. The van der Waals surface area contributed by atoms with Crippen molar-refractivity contribution in [3.63, 3.8) is 0 Å². The summed E-state index contributed by atoms with van der Waals surface area (Å²) in [4.78, 5) is 4.30. The summed E-state index contributed by atoms with van der Waals surface area (Å²) in [6.45, 7) is 9.55. The van der Waals surface area contributed by atoms with Gasteiger partial charge in [0.15, 0.2) is 0 Å². The molecule has 0 radical (unpaired) electrons. The van der Waals surface area contributed by atoms with Gasteiger partial charge in [-0.25, -0.2) is 9.67 Å². The maximum atomic E-state index is 10.4. The second-order valence-electron chi connectivity index (χ2n) is 5.86. The van der Waals surface area contributed by atoms with Crippen LogP contribution in [0.5, 0.6) is 0 Å². The van der Waals surface area contributed by atoms with Gasteiger partial charge in [-0.15, -0.1) is 0 Å². The average molecular weight is 267 g/mol. The molecule has 0 saturated carbocycles. The molecule has 0 aromatic carbocycles. The zero-order chi connectivity index (χ0) is 14.3. The number of aliphatic hydroxyl groups is 1. The van der Waals surface area contributed by atoms with Gasteiger partial charge in [0.05, 0.1) is 6.10 Å². The van der Waals surface area contributed by atoms with Gasteiger partial charge in [0.25, 0.3) is 0 Å². The minimum atomic E-state index is -0.296. The molecule has 1 N–H and O–H groups in total. The van der Waals surface area contributed by atoms with Crippen LogP contribution in [0.1, 0.15) is 59.2 Å². The highest BCUT2D eigenvalue weighted by atomic mass is 16.3. The number of rotatable bonds is 9. The fourth-order valence-corrected chi connectivity index (χ4v) is 2.57. The Kier molecular flexibility index (Phi) is 7.06. The SMILES string of the molecule is CCCC(CCC)C(O)Cc1ncnn1CC(C)C. The largest absolute Gasteiger partial charge is 0.392 e. The van der Waals surface area contributed by atoms with E-state index in [0.29, 0.717) is 18.3 Å². The minimum Gasteiger partial charge on any atom is -0.392 e. The van der Waals surface area contributed by atoms with E-state index in [2.05, 4.69) is 37.8 Å². The number of hydrogen-bond acceptors (Lipinski definition) is 3.